The smallest absolute Gasteiger partial charge is 0.270 e. The molecule has 0 aliphatic rings. The molecule has 2 aromatic heterocycles. The average molecular weight is 384 g/mol. The first-order valence-electron chi connectivity index (χ1n) is 8.25. The number of rotatable bonds is 5. The molecule has 0 atom stereocenters. The lowest BCUT2D eigenvalue weighted by atomic mass is 10.3. The molecule has 27 heavy (non-hydrogen) atoms. The Morgan fingerprint density at radius 2 is 2.00 bits per heavy atom. The molecule has 7 nitrogen and oxygen atoms in total. The molecule has 0 spiro atoms. The number of carbonyl (C=O) groups excluding carboxylic acids is 1. The van der Waals surface area contributed by atoms with Gasteiger partial charge in [0.15, 0.2) is 4.80 Å². The van der Waals surface area contributed by atoms with Crippen LogP contribution >= 0.6 is 11.3 Å². The topological polar surface area (TPSA) is 70.6 Å². The minimum absolute atomic E-state index is 0.0677. The highest BCUT2D eigenvalue weighted by Crippen LogP contribution is 2.35. The fraction of sp³-hybridized carbons (Fsp3) is 0.316. The average Bonchev–Trinajstić information content (AvgIpc) is 3.14. The molecule has 0 aliphatic heterocycles. The highest BCUT2D eigenvalue weighted by atomic mass is 32.1. The number of hydrogen-bond acceptors (Lipinski definition) is 5. The second-order valence-electron chi connectivity index (χ2n) is 5.91. The summed E-state index contributed by atoms with van der Waals surface area (Å²) in [7, 11) is 3.18. The highest BCUT2D eigenvalue weighted by molar-refractivity contribution is 7.16. The van der Waals surface area contributed by atoms with Gasteiger partial charge in [0, 0.05) is 5.69 Å². The lowest BCUT2D eigenvalue weighted by Gasteiger charge is -2.08. The summed E-state index contributed by atoms with van der Waals surface area (Å²) in [6.45, 7) is 4.12. The third kappa shape index (κ3) is 3.59. The molecule has 0 fully saturated rings. The van der Waals surface area contributed by atoms with E-state index in [1.807, 2.05) is 32.0 Å². The second-order valence-corrected chi connectivity index (χ2v) is 6.89. The van der Waals surface area contributed by atoms with Gasteiger partial charge in [0.2, 0.25) is 0 Å². The van der Waals surface area contributed by atoms with E-state index in [0.29, 0.717) is 16.3 Å². The van der Waals surface area contributed by atoms with Crippen LogP contribution in [0.4, 0.5) is 0 Å². The summed E-state index contributed by atoms with van der Waals surface area (Å²) in [5, 5.41) is 4.31. The second kappa shape index (κ2) is 7.68. The van der Waals surface area contributed by atoms with E-state index in [0.717, 1.165) is 21.6 Å². The Balaban J connectivity index is 2.13. The van der Waals surface area contributed by atoms with Crippen molar-refractivity contribution in [2.75, 3.05) is 14.2 Å². The normalized spacial score (nSPS) is 11.6. The molecule has 1 aromatic carbocycles. The van der Waals surface area contributed by atoms with Gasteiger partial charge < -0.3 is 14.0 Å². The van der Waals surface area contributed by atoms with Crippen LogP contribution < -0.4 is 14.3 Å². The molecule has 140 valence electrons. The zero-order valence-corrected chi connectivity index (χ0v) is 16.5. The van der Waals surface area contributed by atoms with Crippen molar-refractivity contribution in [3.63, 3.8) is 0 Å². The Labute approximate surface area is 160 Å². The van der Waals surface area contributed by atoms with E-state index in [4.69, 9.17) is 15.9 Å². The van der Waals surface area contributed by atoms with Gasteiger partial charge >= 0.3 is 0 Å². The third-order valence-electron chi connectivity index (χ3n) is 4.05. The summed E-state index contributed by atoms with van der Waals surface area (Å²) >= 11 is 1.34. The van der Waals surface area contributed by atoms with Crippen LogP contribution in [0, 0.1) is 26.2 Å². The molecule has 1 amide bonds. The molecule has 3 aromatic rings. The van der Waals surface area contributed by atoms with E-state index in [1.165, 1.54) is 11.3 Å². The Morgan fingerprint density at radius 3 is 2.59 bits per heavy atom. The Bertz CT molecular complexity index is 1110. The molecule has 0 saturated heterocycles. The maximum absolute atomic E-state index is 12.5. The maximum Gasteiger partial charge on any atom is 0.270 e. The molecule has 2 heterocycles. The zero-order valence-electron chi connectivity index (χ0n) is 15.6. The van der Waals surface area contributed by atoms with Crippen LogP contribution in [0.15, 0.2) is 23.2 Å². The number of hydrogen-bond donors (Lipinski definition) is 0. The van der Waals surface area contributed by atoms with Crippen molar-refractivity contribution in [2.24, 2.45) is 4.99 Å². The maximum atomic E-state index is 12.5. The number of methoxy groups -OCH3 is 2. The van der Waals surface area contributed by atoms with Crippen LogP contribution in [0.2, 0.25) is 0 Å². The lowest BCUT2D eigenvalue weighted by Crippen LogP contribution is -2.19. The predicted molar refractivity (Wildman–Crippen MR) is 104 cm³/mol. The molecule has 0 N–H and O–H groups in total. The number of ether oxygens (including phenoxy) is 2. The summed E-state index contributed by atoms with van der Waals surface area (Å²) in [6, 6.07) is 5.54. The van der Waals surface area contributed by atoms with Gasteiger partial charge in [0.05, 0.1) is 26.5 Å². The van der Waals surface area contributed by atoms with E-state index >= 15 is 0 Å². The summed E-state index contributed by atoms with van der Waals surface area (Å²) in [5.41, 5.74) is 2.53. The summed E-state index contributed by atoms with van der Waals surface area (Å²) in [4.78, 5) is 17.3. The van der Waals surface area contributed by atoms with E-state index in [9.17, 15) is 4.79 Å². The molecule has 0 bridgehead atoms. The molecule has 0 unspecified atom stereocenters. The largest absolute Gasteiger partial charge is 0.495 e. The number of aromatic nitrogens is 3. The van der Waals surface area contributed by atoms with Crippen LogP contribution in [-0.4, -0.2) is 34.5 Å². The fourth-order valence-corrected chi connectivity index (χ4v) is 4.04. The van der Waals surface area contributed by atoms with E-state index < -0.39 is 0 Å². The predicted octanol–water partition coefficient (Wildman–Crippen LogP) is 2.29. The number of aryl methyl sites for hydroxylation is 2. The van der Waals surface area contributed by atoms with Crippen LogP contribution in [-0.2, 0) is 17.9 Å². The molecule has 0 aliphatic carbocycles. The minimum atomic E-state index is -0.309. The zero-order chi connectivity index (χ0) is 19.6. The highest BCUT2D eigenvalue weighted by Gasteiger charge is 2.16. The molecule has 8 heteroatoms. The van der Waals surface area contributed by atoms with E-state index in [2.05, 4.69) is 16.0 Å². The summed E-state index contributed by atoms with van der Waals surface area (Å²) in [6.07, 6.45) is 5.54. The molecule has 0 radical (unpaired) electrons. The standard InChI is InChI=1S/C19H20N4O3S/c1-6-9-22-17-14(25-4)7-8-15(26-5)18(17)27-19(22)20-16(24)11-23-13(3)10-12(2)21-23/h1,7-8,10H,9,11H2,2-5H3. The quantitative estimate of drug-likeness (QED) is 0.633. The minimum Gasteiger partial charge on any atom is -0.495 e. The van der Waals surface area contributed by atoms with Gasteiger partial charge in [-0.05, 0) is 32.0 Å². The molecule has 3 rings (SSSR count). The van der Waals surface area contributed by atoms with Gasteiger partial charge in [-0.2, -0.15) is 10.1 Å². The number of carbonyl (C=O) groups is 1. The van der Waals surface area contributed by atoms with Gasteiger partial charge in [-0.1, -0.05) is 17.3 Å². The number of nitrogens with zero attached hydrogens (tertiary/aromatic N) is 4. The fourth-order valence-electron chi connectivity index (χ4n) is 2.88. The number of amides is 1. The molecule has 0 saturated carbocycles. The third-order valence-corrected chi connectivity index (χ3v) is 5.14. The van der Waals surface area contributed by atoms with Crippen molar-refractivity contribution in [1.82, 2.24) is 14.3 Å². The molecular weight excluding hydrogens is 364 g/mol. The van der Waals surface area contributed by atoms with Gasteiger partial charge in [-0.25, -0.2) is 0 Å². The first kappa shape index (κ1) is 18.7. The Morgan fingerprint density at radius 1 is 1.30 bits per heavy atom. The number of fused-ring (bicyclic) bond motifs is 1. The van der Waals surface area contributed by atoms with Crippen molar-refractivity contribution >= 4 is 27.5 Å². The van der Waals surface area contributed by atoms with Gasteiger partial charge in [-0.3, -0.25) is 9.48 Å². The van der Waals surface area contributed by atoms with E-state index in [-0.39, 0.29) is 19.0 Å². The van der Waals surface area contributed by atoms with Crippen LogP contribution in [0.3, 0.4) is 0 Å². The van der Waals surface area contributed by atoms with Crippen molar-refractivity contribution in [1.29, 1.82) is 0 Å². The number of thiazole rings is 1. The van der Waals surface area contributed by atoms with E-state index in [1.54, 1.807) is 23.5 Å². The SMILES string of the molecule is C#CCn1c(=NC(=O)Cn2nc(C)cc2C)sc2c(OC)ccc(OC)c21. The van der Waals surface area contributed by atoms with Gasteiger partial charge in [0.25, 0.3) is 5.91 Å². The van der Waals surface area contributed by atoms with Crippen LogP contribution in [0.25, 0.3) is 10.2 Å². The van der Waals surface area contributed by atoms with Gasteiger partial charge in [-0.15, -0.1) is 6.42 Å². The monoisotopic (exact) mass is 384 g/mol. The lowest BCUT2D eigenvalue weighted by molar-refractivity contribution is -0.118. The van der Waals surface area contributed by atoms with Crippen molar-refractivity contribution < 1.29 is 14.3 Å². The molecular formula is C19H20N4O3S. The number of benzene rings is 1. The first-order valence-corrected chi connectivity index (χ1v) is 9.06. The Hall–Kier alpha value is -3.05. The van der Waals surface area contributed by atoms with Crippen LogP contribution in [0.1, 0.15) is 11.4 Å². The van der Waals surface area contributed by atoms with Crippen molar-refractivity contribution in [2.45, 2.75) is 26.9 Å². The Kier molecular flexibility index (Phi) is 5.33. The summed E-state index contributed by atoms with van der Waals surface area (Å²) < 4.78 is 15.2. The van der Waals surface area contributed by atoms with Gasteiger partial charge in [0.1, 0.15) is 28.3 Å². The van der Waals surface area contributed by atoms with Crippen molar-refractivity contribution in [3.8, 4) is 23.8 Å². The number of terminal acetylenes is 1. The van der Waals surface area contributed by atoms with Crippen LogP contribution in [0.5, 0.6) is 11.5 Å². The summed E-state index contributed by atoms with van der Waals surface area (Å²) in [5.74, 6) is 3.62. The van der Waals surface area contributed by atoms with Crippen molar-refractivity contribution in [3.05, 3.63) is 34.4 Å². The first-order chi connectivity index (χ1) is 13.0.